The van der Waals surface area contributed by atoms with E-state index in [-0.39, 0.29) is 12.5 Å². The molecule has 0 spiro atoms. The number of carbonyl (C=O) groups excluding carboxylic acids is 1. The molecular weight excluding hydrogens is 458 g/mol. The van der Waals surface area contributed by atoms with Gasteiger partial charge in [0.05, 0.1) is 12.2 Å². The van der Waals surface area contributed by atoms with Crippen LogP contribution in [0.25, 0.3) is 16.8 Å². The van der Waals surface area contributed by atoms with Crippen molar-refractivity contribution in [2.45, 2.75) is 13.5 Å². The molecular formula is C23H22BrN5O2. The van der Waals surface area contributed by atoms with Crippen LogP contribution in [0.2, 0.25) is 0 Å². The van der Waals surface area contributed by atoms with Gasteiger partial charge >= 0.3 is 0 Å². The lowest BCUT2D eigenvalue weighted by Crippen LogP contribution is -2.19. The summed E-state index contributed by atoms with van der Waals surface area (Å²) in [7, 11) is 0. The number of anilines is 1. The second kappa shape index (κ2) is 9.38. The van der Waals surface area contributed by atoms with Crippen LogP contribution in [-0.2, 0) is 6.54 Å². The van der Waals surface area contributed by atoms with Crippen LogP contribution < -0.4 is 10.6 Å². The van der Waals surface area contributed by atoms with Gasteiger partial charge in [0.15, 0.2) is 5.65 Å². The van der Waals surface area contributed by atoms with E-state index in [1.807, 2.05) is 49.5 Å². The Labute approximate surface area is 188 Å². The van der Waals surface area contributed by atoms with E-state index in [0.717, 1.165) is 32.4 Å². The van der Waals surface area contributed by atoms with Gasteiger partial charge in [0.2, 0.25) is 0 Å². The first-order valence-corrected chi connectivity index (χ1v) is 10.7. The normalized spacial score (nSPS) is 11.1. The number of nitrogens with zero attached hydrogens (tertiary/aromatic N) is 3. The van der Waals surface area contributed by atoms with Crippen molar-refractivity contribution in [1.82, 2.24) is 19.9 Å². The largest absolute Gasteiger partial charge is 0.395 e. The molecule has 158 valence electrons. The number of nitrogens with one attached hydrogen (secondary N) is 2. The Bertz CT molecular complexity index is 1240. The van der Waals surface area contributed by atoms with Crippen LogP contribution in [0, 0.1) is 6.92 Å². The first-order chi connectivity index (χ1) is 15.1. The average Bonchev–Trinajstić information content (AvgIpc) is 3.23. The summed E-state index contributed by atoms with van der Waals surface area (Å²) in [5.41, 5.74) is 5.66. The third-order valence-electron chi connectivity index (χ3n) is 5.03. The predicted octanol–water partition coefficient (Wildman–Crippen LogP) is 3.80. The predicted molar refractivity (Wildman–Crippen MR) is 124 cm³/mol. The number of halogens is 1. The number of carbonyl (C=O) groups is 1. The molecule has 0 saturated carbocycles. The van der Waals surface area contributed by atoms with Gasteiger partial charge in [0.25, 0.3) is 5.91 Å². The van der Waals surface area contributed by atoms with Gasteiger partial charge in [-0.2, -0.15) is 0 Å². The van der Waals surface area contributed by atoms with E-state index >= 15 is 0 Å². The Hall–Kier alpha value is -3.07. The standard InChI is InChI=1S/C23H22BrN5O2/c1-15-19(17-4-2-5-18(24)11-17)6-3-7-21(15)27-23(31)20-10-16(12-25-8-9-30)13-29-14-26-28-22(20)29/h2-7,10-11,13-14,25,30H,8-9,12H2,1H3,(H,27,31). The van der Waals surface area contributed by atoms with Gasteiger partial charge in [-0.05, 0) is 53.4 Å². The Morgan fingerprint density at radius 3 is 2.84 bits per heavy atom. The van der Waals surface area contributed by atoms with Crippen molar-refractivity contribution in [2.24, 2.45) is 0 Å². The monoisotopic (exact) mass is 479 g/mol. The lowest BCUT2D eigenvalue weighted by molar-refractivity contribution is 0.102. The van der Waals surface area contributed by atoms with Gasteiger partial charge in [-0.25, -0.2) is 0 Å². The Morgan fingerprint density at radius 1 is 1.19 bits per heavy atom. The number of hydrogen-bond donors (Lipinski definition) is 3. The topological polar surface area (TPSA) is 91.5 Å². The molecule has 0 saturated heterocycles. The van der Waals surface area contributed by atoms with Gasteiger partial charge in [-0.3, -0.25) is 9.20 Å². The minimum atomic E-state index is -0.253. The van der Waals surface area contributed by atoms with Crippen molar-refractivity contribution in [3.8, 4) is 11.1 Å². The van der Waals surface area contributed by atoms with Crippen molar-refractivity contribution >= 4 is 33.2 Å². The van der Waals surface area contributed by atoms with E-state index in [1.165, 1.54) is 0 Å². The molecule has 0 radical (unpaired) electrons. The number of amides is 1. The van der Waals surface area contributed by atoms with Crippen LogP contribution in [0.1, 0.15) is 21.5 Å². The van der Waals surface area contributed by atoms with E-state index in [9.17, 15) is 4.79 Å². The summed E-state index contributed by atoms with van der Waals surface area (Å²) in [4.78, 5) is 13.2. The summed E-state index contributed by atoms with van der Waals surface area (Å²) in [6.07, 6.45) is 3.44. The molecule has 0 fully saturated rings. The van der Waals surface area contributed by atoms with E-state index in [4.69, 9.17) is 5.11 Å². The average molecular weight is 480 g/mol. The third-order valence-corrected chi connectivity index (χ3v) is 5.52. The number of aromatic nitrogens is 3. The molecule has 8 heteroatoms. The highest BCUT2D eigenvalue weighted by molar-refractivity contribution is 9.10. The number of rotatable bonds is 7. The quantitative estimate of drug-likeness (QED) is 0.350. The number of fused-ring (bicyclic) bond motifs is 1. The van der Waals surface area contributed by atoms with Crippen LogP contribution in [-0.4, -0.2) is 38.8 Å². The summed E-state index contributed by atoms with van der Waals surface area (Å²) in [5, 5.41) is 23.2. The van der Waals surface area contributed by atoms with Crippen molar-refractivity contribution in [2.75, 3.05) is 18.5 Å². The third kappa shape index (κ3) is 4.66. The molecule has 0 unspecified atom stereocenters. The number of aliphatic hydroxyl groups is 1. The van der Waals surface area contributed by atoms with Gasteiger partial charge < -0.3 is 15.7 Å². The number of aliphatic hydroxyl groups excluding tert-OH is 1. The lowest BCUT2D eigenvalue weighted by atomic mass is 9.99. The van der Waals surface area contributed by atoms with E-state index < -0.39 is 0 Å². The van der Waals surface area contributed by atoms with Crippen molar-refractivity contribution < 1.29 is 9.90 Å². The minimum Gasteiger partial charge on any atom is -0.395 e. The molecule has 0 aliphatic rings. The van der Waals surface area contributed by atoms with Crippen molar-refractivity contribution in [3.05, 3.63) is 82.2 Å². The Balaban J connectivity index is 1.65. The molecule has 4 aromatic rings. The molecule has 1 amide bonds. The summed E-state index contributed by atoms with van der Waals surface area (Å²) in [6, 6.07) is 15.7. The Morgan fingerprint density at radius 2 is 2.03 bits per heavy atom. The molecule has 0 atom stereocenters. The van der Waals surface area contributed by atoms with Crippen molar-refractivity contribution in [3.63, 3.8) is 0 Å². The minimum absolute atomic E-state index is 0.0514. The van der Waals surface area contributed by atoms with Crippen LogP contribution in [0.3, 0.4) is 0 Å². The van der Waals surface area contributed by atoms with E-state index in [2.05, 4.69) is 42.8 Å². The van der Waals surface area contributed by atoms with Crippen LogP contribution in [0.15, 0.2) is 65.5 Å². The van der Waals surface area contributed by atoms with Gasteiger partial charge in [0.1, 0.15) is 6.33 Å². The highest BCUT2D eigenvalue weighted by Crippen LogP contribution is 2.30. The highest BCUT2D eigenvalue weighted by atomic mass is 79.9. The van der Waals surface area contributed by atoms with Crippen LogP contribution in [0.5, 0.6) is 0 Å². The van der Waals surface area contributed by atoms with Crippen LogP contribution in [0.4, 0.5) is 5.69 Å². The second-order valence-corrected chi connectivity index (χ2v) is 8.08. The first kappa shape index (κ1) is 21.2. The maximum Gasteiger partial charge on any atom is 0.259 e. The molecule has 2 aromatic heterocycles. The molecule has 0 bridgehead atoms. The van der Waals surface area contributed by atoms with Gasteiger partial charge in [0, 0.05) is 29.4 Å². The zero-order valence-corrected chi connectivity index (χ0v) is 18.6. The fourth-order valence-corrected chi connectivity index (χ4v) is 3.90. The molecule has 0 aliphatic heterocycles. The van der Waals surface area contributed by atoms with Crippen molar-refractivity contribution in [1.29, 1.82) is 0 Å². The lowest BCUT2D eigenvalue weighted by Gasteiger charge is -2.14. The molecule has 2 heterocycles. The molecule has 31 heavy (non-hydrogen) atoms. The van der Waals surface area contributed by atoms with E-state index in [1.54, 1.807) is 16.8 Å². The number of pyridine rings is 1. The number of benzene rings is 2. The maximum atomic E-state index is 13.2. The summed E-state index contributed by atoms with van der Waals surface area (Å²) >= 11 is 3.52. The molecule has 2 aromatic carbocycles. The summed E-state index contributed by atoms with van der Waals surface area (Å²) < 4.78 is 2.73. The molecule has 7 nitrogen and oxygen atoms in total. The van der Waals surface area contributed by atoms with Gasteiger partial charge in [-0.15, -0.1) is 10.2 Å². The zero-order chi connectivity index (χ0) is 21.8. The SMILES string of the molecule is Cc1c(NC(=O)c2cc(CNCCO)cn3cnnc23)cccc1-c1cccc(Br)c1. The fraction of sp³-hybridized carbons (Fsp3) is 0.174. The molecule has 3 N–H and O–H groups in total. The van der Waals surface area contributed by atoms with E-state index in [0.29, 0.717) is 24.3 Å². The first-order valence-electron chi connectivity index (χ1n) is 9.87. The highest BCUT2D eigenvalue weighted by Gasteiger charge is 2.16. The molecule has 4 rings (SSSR count). The van der Waals surface area contributed by atoms with Crippen LogP contribution >= 0.6 is 15.9 Å². The summed E-state index contributed by atoms with van der Waals surface area (Å²) in [5.74, 6) is -0.253. The Kier molecular flexibility index (Phi) is 6.41. The maximum absolute atomic E-state index is 13.2. The van der Waals surface area contributed by atoms with Gasteiger partial charge in [-0.1, -0.05) is 40.2 Å². The zero-order valence-electron chi connectivity index (χ0n) is 17.0. The summed E-state index contributed by atoms with van der Waals surface area (Å²) in [6.45, 7) is 3.04. The second-order valence-electron chi connectivity index (χ2n) is 7.17. The fourth-order valence-electron chi connectivity index (χ4n) is 3.50. The molecule has 0 aliphatic carbocycles. The smallest absolute Gasteiger partial charge is 0.259 e. The number of hydrogen-bond acceptors (Lipinski definition) is 5.